The Balaban J connectivity index is 1.90. The summed E-state index contributed by atoms with van der Waals surface area (Å²) in [4.78, 5) is 23.3. The summed E-state index contributed by atoms with van der Waals surface area (Å²) in [7, 11) is 0. The molecule has 4 heteroatoms. The zero-order chi connectivity index (χ0) is 17.9. The van der Waals surface area contributed by atoms with Gasteiger partial charge < -0.3 is 5.32 Å². The first-order chi connectivity index (χ1) is 11.9. The fourth-order valence-electron chi connectivity index (χ4n) is 5.08. The van der Waals surface area contributed by atoms with Crippen molar-refractivity contribution in [1.82, 2.24) is 15.3 Å². The van der Waals surface area contributed by atoms with Crippen LogP contribution in [-0.4, -0.2) is 22.4 Å². The van der Waals surface area contributed by atoms with Crippen LogP contribution in [0.1, 0.15) is 64.8 Å². The van der Waals surface area contributed by atoms with Crippen LogP contribution < -0.4 is 5.32 Å². The third-order valence-corrected chi connectivity index (χ3v) is 7.15. The van der Waals surface area contributed by atoms with Gasteiger partial charge in [0.2, 0.25) is 5.91 Å². The molecular formula is C21H27N3O. The quantitative estimate of drug-likeness (QED) is 0.862. The van der Waals surface area contributed by atoms with E-state index in [2.05, 4.69) is 33.0 Å². The molecule has 0 spiro atoms. The van der Waals surface area contributed by atoms with Crippen molar-refractivity contribution in [2.24, 2.45) is 5.41 Å². The summed E-state index contributed by atoms with van der Waals surface area (Å²) >= 11 is 0. The third kappa shape index (κ3) is 1.85. The van der Waals surface area contributed by atoms with Crippen molar-refractivity contribution in [3.63, 3.8) is 0 Å². The number of benzene rings is 1. The van der Waals surface area contributed by atoms with Crippen molar-refractivity contribution in [3.8, 4) is 0 Å². The second kappa shape index (κ2) is 5.26. The van der Waals surface area contributed by atoms with E-state index in [4.69, 9.17) is 9.97 Å². The average molecular weight is 337 g/mol. The van der Waals surface area contributed by atoms with Crippen LogP contribution in [0.25, 0.3) is 11.0 Å². The van der Waals surface area contributed by atoms with E-state index in [9.17, 15) is 4.79 Å². The lowest BCUT2D eigenvalue weighted by Crippen LogP contribution is -2.51. The third-order valence-electron chi connectivity index (χ3n) is 7.15. The molecule has 1 N–H and O–H groups in total. The molecule has 0 radical (unpaired) electrons. The predicted molar refractivity (Wildman–Crippen MR) is 99.5 cm³/mol. The van der Waals surface area contributed by atoms with Crippen LogP contribution in [0.15, 0.2) is 24.3 Å². The van der Waals surface area contributed by atoms with Gasteiger partial charge in [-0.3, -0.25) is 4.79 Å². The molecule has 2 atom stereocenters. The van der Waals surface area contributed by atoms with Crippen LogP contribution in [0.5, 0.6) is 0 Å². The number of fused-ring (bicyclic) bond motifs is 6. The van der Waals surface area contributed by atoms with E-state index in [0.717, 1.165) is 54.6 Å². The number of nitrogens with zero attached hydrogens (tertiary/aromatic N) is 2. The van der Waals surface area contributed by atoms with Crippen LogP contribution >= 0.6 is 0 Å². The fraction of sp³-hybridized carbons (Fsp3) is 0.571. The second-order valence-electron chi connectivity index (χ2n) is 8.38. The summed E-state index contributed by atoms with van der Waals surface area (Å²) < 4.78 is 0. The highest BCUT2D eigenvalue weighted by molar-refractivity contribution is 5.92. The molecule has 2 bridgehead atoms. The van der Waals surface area contributed by atoms with Crippen LogP contribution in [0.2, 0.25) is 0 Å². The minimum atomic E-state index is -0.568. The summed E-state index contributed by atoms with van der Waals surface area (Å²) in [5.74, 6) is 0.137. The van der Waals surface area contributed by atoms with E-state index < -0.39 is 5.41 Å². The highest BCUT2D eigenvalue weighted by Crippen LogP contribution is 2.70. The zero-order valence-corrected chi connectivity index (χ0v) is 15.6. The molecule has 1 amide bonds. The number of para-hydroxylation sites is 2. The summed E-state index contributed by atoms with van der Waals surface area (Å²) in [6, 6.07) is 7.99. The number of carbonyl (C=O) groups excluding carboxylic acids is 1. The number of amides is 1. The van der Waals surface area contributed by atoms with Gasteiger partial charge in [0, 0.05) is 12.0 Å². The van der Waals surface area contributed by atoms with Gasteiger partial charge in [-0.1, -0.05) is 46.2 Å². The maximum atomic E-state index is 13.4. The normalized spacial score (nSPS) is 29.0. The Bertz CT molecular complexity index is 859. The number of carbonyl (C=O) groups is 1. The molecule has 1 heterocycles. The Morgan fingerprint density at radius 2 is 1.72 bits per heavy atom. The summed E-state index contributed by atoms with van der Waals surface area (Å²) in [6.45, 7) is 9.61. The van der Waals surface area contributed by atoms with E-state index in [1.807, 2.05) is 24.3 Å². The van der Waals surface area contributed by atoms with Crippen LogP contribution in [0.4, 0.5) is 0 Å². The van der Waals surface area contributed by atoms with Gasteiger partial charge in [-0.2, -0.15) is 0 Å². The summed E-state index contributed by atoms with van der Waals surface area (Å²) in [6.07, 6.45) is 3.93. The summed E-state index contributed by atoms with van der Waals surface area (Å²) in [5, 5.41) is 3.20. The Hall–Kier alpha value is -1.97. The van der Waals surface area contributed by atoms with Gasteiger partial charge in [-0.05, 0) is 36.8 Å². The van der Waals surface area contributed by atoms with Crippen molar-refractivity contribution in [3.05, 3.63) is 35.7 Å². The first kappa shape index (κ1) is 16.5. The lowest BCUT2D eigenvalue weighted by molar-refractivity contribution is -0.130. The molecule has 1 fully saturated rings. The highest BCUT2D eigenvalue weighted by Gasteiger charge is 2.73. The minimum Gasteiger partial charge on any atom is -0.355 e. The monoisotopic (exact) mass is 337 g/mol. The van der Waals surface area contributed by atoms with Crippen molar-refractivity contribution in [2.45, 2.75) is 64.2 Å². The molecule has 4 rings (SSSR count). The van der Waals surface area contributed by atoms with E-state index in [1.54, 1.807) is 0 Å². The summed E-state index contributed by atoms with van der Waals surface area (Å²) in [5.41, 5.74) is 2.88. The Labute approximate surface area is 149 Å². The number of nitrogens with one attached hydrogen (secondary N) is 1. The van der Waals surface area contributed by atoms with Crippen molar-refractivity contribution >= 4 is 16.9 Å². The largest absolute Gasteiger partial charge is 0.355 e. The van der Waals surface area contributed by atoms with E-state index in [1.165, 1.54) is 0 Å². The molecule has 25 heavy (non-hydrogen) atoms. The predicted octanol–water partition coefficient (Wildman–Crippen LogP) is 3.88. The fourth-order valence-corrected chi connectivity index (χ4v) is 5.08. The van der Waals surface area contributed by atoms with Crippen LogP contribution in [0.3, 0.4) is 0 Å². The van der Waals surface area contributed by atoms with Gasteiger partial charge >= 0.3 is 0 Å². The number of hydrogen-bond donors (Lipinski definition) is 1. The molecule has 2 unspecified atom stereocenters. The highest BCUT2D eigenvalue weighted by atomic mass is 16.2. The number of unbranched alkanes of at least 4 members (excludes halogenated alkanes) is 1. The topological polar surface area (TPSA) is 54.9 Å². The Morgan fingerprint density at radius 3 is 2.36 bits per heavy atom. The van der Waals surface area contributed by atoms with E-state index >= 15 is 0 Å². The Morgan fingerprint density at radius 1 is 1.08 bits per heavy atom. The van der Waals surface area contributed by atoms with Crippen molar-refractivity contribution < 1.29 is 4.79 Å². The van der Waals surface area contributed by atoms with Gasteiger partial charge in [-0.15, -0.1) is 0 Å². The van der Waals surface area contributed by atoms with Crippen molar-refractivity contribution in [1.29, 1.82) is 0 Å². The maximum Gasteiger partial charge on any atom is 0.232 e. The van der Waals surface area contributed by atoms with E-state index in [-0.39, 0.29) is 16.7 Å². The molecule has 2 aromatic rings. The molecule has 0 saturated heterocycles. The Kier molecular flexibility index (Phi) is 3.47. The first-order valence-electron chi connectivity index (χ1n) is 9.44. The van der Waals surface area contributed by atoms with Crippen molar-refractivity contribution in [2.75, 3.05) is 6.54 Å². The molecule has 2 aliphatic rings. The molecular weight excluding hydrogens is 310 g/mol. The standard InChI is InChI=1S/C21H27N3O/c1-5-6-13-22-18(25)21-12-11-20(4,19(21,2)3)16-17(21)24-15-10-8-7-9-14(15)23-16/h7-10H,5-6,11-13H2,1-4H3,(H,22,25). The number of hydrogen-bond acceptors (Lipinski definition) is 3. The van der Waals surface area contributed by atoms with Crippen LogP contribution in [0, 0.1) is 5.41 Å². The molecule has 0 aliphatic heterocycles. The van der Waals surface area contributed by atoms with Gasteiger partial charge in [-0.25, -0.2) is 9.97 Å². The lowest BCUT2D eigenvalue weighted by atomic mass is 9.63. The number of aromatic nitrogens is 2. The molecule has 1 aromatic heterocycles. The maximum absolute atomic E-state index is 13.4. The van der Waals surface area contributed by atoms with Gasteiger partial charge in [0.05, 0.1) is 27.8 Å². The molecule has 1 aromatic carbocycles. The molecule has 4 nitrogen and oxygen atoms in total. The molecule has 2 aliphatic carbocycles. The average Bonchev–Trinajstić information content (AvgIpc) is 2.89. The number of rotatable bonds is 4. The second-order valence-corrected chi connectivity index (χ2v) is 8.38. The van der Waals surface area contributed by atoms with Gasteiger partial charge in [0.15, 0.2) is 0 Å². The van der Waals surface area contributed by atoms with Gasteiger partial charge in [0.25, 0.3) is 0 Å². The van der Waals surface area contributed by atoms with E-state index in [0.29, 0.717) is 0 Å². The zero-order valence-electron chi connectivity index (χ0n) is 15.6. The van der Waals surface area contributed by atoms with Crippen LogP contribution in [-0.2, 0) is 15.6 Å². The van der Waals surface area contributed by atoms with Gasteiger partial charge in [0.1, 0.15) is 0 Å². The molecule has 132 valence electrons. The smallest absolute Gasteiger partial charge is 0.232 e. The molecule has 1 saturated carbocycles. The lowest BCUT2D eigenvalue weighted by Gasteiger charge is -2.39. The first-order valence-corrected chi connectivity index (χ1v) is 9.44. The minimum absolute atomic E-state index is 0.110. The SMILES string of the molecule is CCCCNC(=O)C12CCC(C)(c3nc4ccccc4nc31)C2(C)C.